The SMILES string of the molecule is COc1ccc(C[C@H](N)C(=O)N2C[C@@H](CO)C[C@@H](n3ccc(=O)[nH]c3=O)C2)cc1. The van der Waals surface area contributed by atoms with E-state index in [9.17, 15) is 19.5 Å². The lowest BCUT2D eigenvalue weighted by molar-refractivity contribution is -0.135. The molecule has 1 aromatic carbocycles. The zero-order valence-corrected chi connectivity index (χ0v) is 16.3. The Morgan fingerprint density at radius 2 is 2.00 bits per heavy atom. The molecule has 156 valence electrons. The molecule has 0 spiro atoms. The van der Waals surface area contributed by atoms with E-state index in [-0.39, 0.29) is 31.0 Å². The first-order valence-corrected chi connectivity index (χ1v) is 9.51. The largest absolute Gasteiger partial charge is 0.497 e. The predicted molar refractivity (Wildman–Crippen MR) is 107 cm³/mol. The highest BCUT2D eigenvalue weighted by Gasteiger charge is 2.33. The third-order valence-electron chi connectivity index (χ3n) is 5.26. The van der Waals surface area contributed by atoms with E-state index in [0.29, 0.717) is 19.4 Å². The van der Waals surface area contributed by atoms with Crippen molar-refractivity contribution in [3.63, 3.8) is 0 Å². The summed E-state index contributed by atoms with van der Waals surface area (Å²) >= 11 is 0. The van der Waals surface area contributed by atoms with Crippen LogP contribution in [-0.4, -0.2) is 58.3 Å². The number of nitrogens with two attached hydrogens (primary N) is 1. The molecule has 1 aliphatic rings. The normalized spacial score (nSPS) is 20.3. The van der Waals surface area contributed by atoms with Crippen molar-refractivity contribution in [1.82, 2.24) is 14.5 Å². The first-order valence-electron chi connectivity index (χ1n) is 9.51. The number of methoxy groups -OCH3 is 1. The third-order valence-corrected chi connectivity index (χ3v) is 5.26. The fourth-order valence-electron chi connectivity index (χ4n) is 3.74. The summed E-state index contributed by atoms with van der Waals surface area (Å²) in [5.41, 5.74) is 6.08. The smallest absolute Gasteiger partial charge is 0.328 e. The second-order valence-electron chi connectivity index (χ2n) is 7.36. The lowest BCUT2D eigenvalue weighted by Crippen LogP contribution is -2.52. The van der Waals surface area contributed by atoms with Gasteiger partial charge in [0, 0.05) is 37.9 Å². The van der Waals surface area contributed by atoms with Crippen molar-refractivity contribution in [2.24, 2.45) is 11.7 Å². The van der Waals surface area contributed by atoms with Crippen molar-refractivity contribution in [3.05, 3.63) is 62.9 Å². The summed E-state index contributed by atoms with van der Waals surface area (Å²) in [5, 5.41) is 9.67. The van der Waals surface area contributed by atoms with Crippen molar-refractivity contribution in [1.29, 1.82) is 0 Å². The molecule has 1 amide bonds. The van der Waals surface area contributed by atoms with Crippen LogP contribution >= 0.6 is 0 Å². The number of aliphatic hydroxyl groups excluding tert-OH is 1. The van der Waals surface area contributed by atoms with Crippen LogP contribution in [0.2, 0.25) is 0 Å². The molecule has 0 unspecified atom stereocenters. The number of rotatable bonds is 6. The van der Waals surface area contributed by atoms with Gasteiger partial charge in [-0.25, -0.2) is 4.79 Å². The van der Waals surface area contributed by atoms with Crippen LogP contribution in [0, 0.1) is 5.92 Å². The van der Waals surface area contributed by atoms with Gasteiger partial charge in [0.1, 0.15) is 5.75 Å². The Bertz CT molecular complexity index is 952. The second kappa shape index (κ2) is 9.06. The highest BCUT2D eigenvalue weighted by atomic mass is 16.5. The molecule has 0 bridgehead atoms. The maximum atomic E-state index is 13.0. The Morgan fingerprint density at radius 3 is 2.62 bits per heavy atom. The first-order chi connectivity index (χ1) is 13.9. The summed E-state index contributed by atoms with van der Waals surface area (Å²) in [7, 11) is 1.59. The average molecular weight is 402 g/mol. The zero-order chi connectivity index (χ0) is 21.0. The van der Waals surface area contributed by atoms with Gasteiger partial charge in [-0.1, -0.05) is 12.1 Å². The number of piperidine rings is 1. The number of aromatic amines is 1. The van der Waals surface area contributed by atoms with Gasteiger partial charge in [0.15, 0.2) is 0 Å². The van der Waals surface area contributed by atoms with Crippen LogP contribution in [0.3, 0.4) is 0 Å². The van der Waals surface area contributed by atoms with Gasteiger partial charge >= 0.3 is 5.69 Å². The fourth-order valence-corrected chi connectivity index (χ4v) is 3.74. The standard InChI is InChI=1S/C20H26N4O5/c1-29-16-4-2-13(3-5-16)9-17(21)19(27)23-10-14(12-25)8-15(11-23)24-7-6-18(26)22-20(24)28/h2-7,14-15,17,25H,8-12,21H2,1H3,(H,22,26,28)/t14-,15+,17-/m0/s1. The molecule has 29 heavy (non-hydrogen) atoms. The molecule has 2 aromatic rings. The summed E-state index contributed by atoms with van der Waals surface area (Å²) in [4.78, 5) is 40.2. The molecule has 3 rings (SSSR count). The Balaban J connectivity index is 1.73. The van der Waals surface area contributed by atoms with Crippen LogP contribution in [0.1, 0.15) is 18.0 Å². The van der Waals surface area contributed by atoms with E-state index in [2.05, 4.69) is 4.98 Å². The van der Waals surface area contributed by atoms with Gasteiger partial charge in [0.25, 0.3) is 5.56 Å². The Kier molecular flexibility index (Phi) is 6.50. The number of hydrogen-bond acceptors (Lipinski definition) is 6. The van der Waals surface area contributed by atoms with Crippen LogP contribution in [0.15, 0.2) is 46.1 Å². The monoisotopic (exact) mass is 402 g/mol. The number of ether oxygens (including phenoxy) is 1. The molecule has 9 heteroatoms. The average Bonchev–Trinajstić information content (AvgIpc) is 2.73. The van der Waals surface area contributed by atoms with Crippen LogP contribution < -0.4 is 21.7 Å². The number of nitrogens with one attached hydrogen (secondary N) is 1. The molecule has 3 atom stereocenters. The highest BCUT2D eigenvalue weighted by molar-refractivity contribution is 5.82. The summed E-state index contributed by atoms with van der Waals surface area (Å²) in [5.74, 6) is 0.316. The molecule has 1 aromatic heterocycles. The van der Waals surface area contributed by atoms with E-state index in [1.165, 1.54) is 16.8 Å². The quantitative estimate of drug-likeness (QED) is 0.597. The number of hydrogen-bond donors (Lipinski definition) is 3. The number of carbonyl (C=O) groups excluding carboxylic acids is 1. The zero-order valence-electron chi connectivity index (χ0n) is 16.3. The molecule has 1 fully saturated rings. The van der Waals surface area contributed by atoms with Crippen molar-refractivity contribution in [2.75, 3.05) is 26.8 Å². The number of H-pyrrole nitrogens is 1. The van der Waals surface area contributed by atoms with Crippen molar-refractivity contribution >= 4 is 5.91 Å². The van der Waals surface area contributed by atoms with Gasteiger partial charge in [0.2, 0.25) is 5.91 Å². The molecule has 0 aliphatic carbocycles. The number of amides is 1. The molecule has 1 aliphatic heterocycles. The van der Waals surface area contributed by atoms with E-state index in [0.717, 1.165) is 11.3 Å². The number of aliphatic hydroxyl groups is 1. The van der Waals surface area contributed by atoms with Gasteiger partial charge in [0.05, 0.1) is 19.2 Å². The minimum Gasteiger partial charge on any atom is -0.497 e. The molecule has 0 saturated carbocycles. The van der Waals surface area contributed by atoms with Gasteiger partial charge in [-0.05, 0) is 30.5 Å². The molecule has 1 saturated heterocycles. The molecule has 4 N–H and O–H groups in total. The second-order valence-corrected chi connectivity index (χ2v) is 7.36. The highest BCUT2D eigenvalue weighted by Crippen LogP contribution is 2.25. The van der Waals surface area contributed by atoms with Gasteiger partial charge in [-0.15, -0.1) is 0 Å². The predicted octanol–water partition coefficient (Wildman–Crippen LogP) is -0.503. The van der Waals surface area contributed by atoms with Crippen molar-refractivity contribution in [3.8, 4) is 5.75 Å². The van der Waals surface area contributed by atoms with Gasteiger partial charge in [-0.2, -0.15) is 0 Å². The number of aromatic nitrogens is 2. The fraction of sp³-hybridized carbons (Fsp3) is 0.450. The van der Waals surface area contributed by atoms with Crippen molar-refractivity contribution < 1.29 is 14.6 Å². The van der Waals surface area contributed by atoms with E-state index in [4.69, 9.17) is 10.5 Å². The number of nitrogens with zero attached hydrogens (tertiary/aromatic N) is 2. The van der Waals surface area contributed by atoms with Crippen LogP contribution in [0.5, 0.6) is 5.75 Å². The maximum Gasteiger partial charge on any atom is 0.328 e. The number of likely N-dealkylation sites (tertiary alicyclic amines) is 1. The van der Waals surface area contributed by atoms with Crippen LogP contribution in [0.25, 0.3) is 0 Å². The third kappa shape index (κ3) is 4.93. The first kappa shape index (κ1) is 20.8. The summed E-state index contributed by atoms with van der Waals surface area (Å²) in [6.07, 6.45) is 2.32. The van der Waals surface area contributed by atoms with E-state index in [1.807, 2.05) is 24.3 Å². The molecular weight excluding hydrogens is 376 g/mol. The van der Waals surface area contributed by atoms with E-state index >= 15 is 0 Å². The topological polar surface area (TPSA) is 131 Å². The Morgan fingerprint density at radius 1 is 1.28 bits per heavy atom. The lowest BCUT2D eigenvalue weighted by atomic mass is 9.93. The minimum absolute atomic E-state index is 0.105. The lowest BCUT2D eigenvalue weighted by Gasteiger charge is -2.38. The van der Waals surface area contributed by atoms with Gasteiger partial charge < -0.3 is 20.5 Å². The number of carbonyl (C=O) groups is 1. The molecule has 0 radical (unpaired) electrons. The van der Waals surface area contributed by atoms with E-state index in [1.54, 1.807) is 12.0 Å². The van der Waals surface area contributed by atoms with Crippen molar-refractivity contribution in [2.45, 2.75) is 24.9 Å². The summed E-state index contributed by atoms with van der Waals surface area (Å²) in [6.45, 7) is 0.559. The minimum atomic E-state index is -0.742. The van der Waals surface area contributed by atoms with Gasteiger partial charge in [-0.3, -0.25) is 19.1 Å². The van der Waals surface area contributed by atoms with Crippen LogP contribution in [0.4, 0.5) is 0 Å². The summed E-state index contributed by atoms with van der Waals surface area (Å²) in [6, 6.07) is 7.53. The molecule has 9 nitrogen and oxygen atoms in total. The Labute approximate surface area is 167 Å². The maximum absolute atomic E-state index is 13.0. The van der Waals surface area contributed by atoms with Crippen LogP contribution in [-0.2, 0) is 11.2 Å². The molecule has 2 heterocycles. The summed E-state index contributed by atoms with van der Waals surface area (Å²) < 4.78 is 6.53. The van der Waals surface area contributed by atoms with E-state index < -0.39 is 17.3 Å². The Hall–Kier alpha value is -2.91. The molecular formula is C20H26N4O5. The number of benzene rings is 1.